The highest BCUT2D eigenvalue weighted by atomic mass is 19.4. The van der Waals surface area contributed by atoms with E-state index in [9.17, 15) is 39.5 Å². The van der Waals surface area contributed by atoms with Crippen molar-refractivity contribution in [1.29, 1.82) is 0 Å². The van der Waals surface area contributed by atoms with Crippen LogP contribution in [0, 0.1) is 30.2 Å². The van der Waals surface area contributed by atoms with Crippen LogP contribution in [0.3, 0.4) is 0 Å². The van der Waals surface area contributed by atoms with E-state index in [1.54, 1.807) is 19.1 Å². The largest absolute Gasteiger partial charge is 0.432 e. The van der Waals surface area contributed by atoms with Gasteiger partial charge in [0.15, 0.2) is 0 Å². The van der Waals surface area contributed by atoms with Crippen LogP contribution >= 0.6 is 0 Å². The van der Waals surface area contributed by atoms with Crippen LogP contribution in [0.1, 0.15) is 16.7 Å². The molecule has 0 aromatic heterocycles. The van der Waals surface area contributed by atoms with Crippen LogP contribution in [0.25, 0.3) is 11.1 Å². The maximum atomic E-state index is 14.4. The van der Waals surface area contributed by atoms with Crippen LogP contribution in [0.5, 0.6) is 5.75 Å². The monoisotopic (exact) mass is 450 g/mol. The summed E-state index contributed by atoms with van der Waals surface area (Å²) in [5.74, 6) is -9.31. The second kappa shape index (κ2) is 7.82. The van der Waals surface area contributed by atoms with Crippen molar-refractivity contribution in [2.24, 2.45) is 0 Å². The van der Waals surface area contributed by atoms with E-state index in [2.05, 4.69) is 4.74 Å². The third-order valence-electron chi connectivity index (χ3n) is 4.26. The van der Waals surface area contributed by atoms with Gasteiger partial charge in [-0.3, -0.25) is 0 Å². The van der Waals surface area contributed by atoms with Gasteiger partial charge in [-0.05, 0) is 30.2 Å². The Morgan fingerprint density at radius 1 is 0.613 bits per heavy atom. The van der Waals surface area contributed by atoms with Crippen molar-refractivity contribution in [2.45, 2.75) is 19.2 Å². The predicted octanol–water partition coefficient (Wildman–Crippen LogP) is 7.37. The first-order valence-electron chi connectivity index (χ1n) is 8.49. The molecule has 0 saturated heterocycles. The molecular formula is C21H11F9O. The number of rotatable bonds is 4. The molecule has 10 heteroatoms. The fraction of sp³-hybridized carbons (Fsp3) is 0.143. The van der Waals surface area contributed by atoms with Gasteiger partial charge in [0.1, 0.15) is 40.1 Å². The molecule has 0 aliphatic rings. The standard InChI is InChI=1S/C21H11F9O/c1-10-2-4-11(5-3-10)12-6-14(22)19(15(23)7-12)21(29,30)31-13-8-16(24)18(17(25)9-13)20(26,27)28/h2-9H,1H3. The molecule has 3 aromatic carbocycles. The Balaban J connectivity index is 1.98. The van der Waals surface area contributed by atoms with Crippen molar-refractivity contribution >= 4 is 0 Å². The molecule has 0 bridgehead atoms. The molecule has 0 heterocycles. The summed E-state index contributed by atoms with van der Waals surface area (Å²) >= 11 is 0. The van der Waals surface area contributed by atoms with Gasteiger partial charge in [-0.15, -0.1) is 0 Å². The van der Waals surface area contributed by atoms with E-state index >= 15 is 0 Å². The fourth-order valence-electron chi connectivity index (χ4n) is 2.84. The summed E-state index contributed by atoms with van der Waals surface area (Å²) in [4.78, 5) is 0. The topological polar surface area (TPSA) is 9.23 Å². The lowest BCUT2D eigenvalue weighted by molar-refractivity contribution is -0.189. The lowest BCUT2D eigenvalue weighted by atomic mass is 10.0. The van der Waals surface area contributed by atoms with Gasteiger partial charge in [0.2, 0.25) is 0 Å². The molecule has 0 saturated carbocycles. The van der Waals surface area contributed by atoms with Gasteiger partial charge >= 0.3 is 12.3 Å². The summed E-state index contributed by atoms with van der Waals surface area (Å²) in [5.41, 5.74) is -3.09. The molecule has 0 aliphatic carbocycles. The minimum absolute atomic E-state index is 0.0684. The second-order valence-corrected chi connectivity index (χ2v) is 6.56. The number of aryl methyl sites for hydroxylation is 1. The maximum Gasteiger partial charge on any atom is 0.432 e. The predicted molar refractivity (Wildman–Crippen MR) is 92.4 cm³/mol. The zero-order valence-electron chi connectivity index (χ0n) is 15.4. The van der Waals surface area contributed by atoms with Crippen molar-refractivity contribution in [3.8, 4) is 16.9 Å². The average molecular weight is 450 g/mol. The lowest BCUT2D eigenvalue weighted by Crippen LogP contribution is -2.25. The first-order chi connectivity index (χ1) is 14.3. The highest BCUT2D eigenvalue weighted by molar-refractivity contribution is 5.64. The third-order valence-corrected chi connectivity index (χ3v) is 4.26. The SMILES string of the molecule is Cc1ccc(-c2cc(F)c(C(F)(F)Oc3cc(F)c(C(F)(F)F)c(F)c3)c(F)c2)cc1. The fourth-order valence-corrected chi connectivity index (χ4v) is 2.84. The van der Waals surface area contributed by atoms with Crippen LogP contribution in [0.2, 0.25) is 0 Å². The molecule has 31 heavy (non-hydrogen) atoms. The molecular weight excluding hydrogens is 439 g/mol. The van der Waals surface area contributed by atoms with E-state index in [0.29, 0.717) is 17.7 Å². The third kappa shape index (κ3) is 4.62. The molecule has 0 N–H and O–H groups in total. The Morgan fingerprint density at radius 3 is 1.52 bits per heavy atom. The lowest BCUT2D eigenvalue weighted by Gasteiger charge is -2.20. The Labute approximate surface area is 169 Å². The number of hydrogen-bond acceptors (Lipinski definition) is 1. The van der Waals surface area contributed by atoms with Gasteiger partial charge in [0.25, 0.3) is 0 Å². The van der Waals surface area contributed by atoms with E-state index in [0.717, 1.165) is 5.56 Å². The summed E-state index contributed by atoms with van der Waals surface area (Å²) in [5, 5.41) is 0. The summed E-state index contributed by atoms with van der Waals surface area (Å²) in [7, 11) is 0. The normalized spacial score (nSPS) is 12.2. The van der Waals surface area contributed by atoms with Crippen molar-refractivity contribution in [1.82, 2.24) is 0 Å². The summed E-state index contributed by atoms with van der Waals surface area (Å²) < 4.78 is 126. The molecule has 0 unspecified atom stereocenters. The highest BCUT2D eigenvalue weighted by Gasteiger charge is 2.43. The molecule has 0 amide bonds. The van der Waals surface area contributed by atoms with E-state index in [-0.39, 0.29) is 17.7 Å². The molecule has 3 rings (SSSR count). The smallest absolute Gasteiger partial charge is 0.429 e. The second-order valence-electron chi connectivity index (χ2n) is 6.56. The molecule has 0 aliphatic heterocycles. The van der Waals surface area contributed by atoms with E-state index in [1.165, 1.54) is 12.1 Å². The quantitative estimate of drug-likeness (QED) is 0.377. The number of benzene rings is 3. The van der Waals surface area contributed by atoms with Crippen LogP contribution in [-0.4, -0.2) is 0 Å². The van der Waals surface area contributed by atoms with Crippen molar-refractivity contribution < 1.29 is 44.3 Å². The molecule has 0 atom stereocenters. The minimum Gasteiger partial charge on any atom is -0.429 e. The van der Waals surface area contributed by atoms with E-state index in [1.807, 2.05) is 0 Å². The number of halogens is 9. The Hall–Kier alpha value is -3.17. The summed E-state index contributed by atoms with van der Waals surface area (Å²) in [6.07, 6.45) is -10.2. The number of hydrogen-bond donors (Lipinski definition) is 0. The van der Waals surface area contributed by atoms with Gasteiger partial charge in [-0.25, -0.2) is 17.6 Å². The van der Waals surface area contributed by atoms with Crippen molar-refractivity contribution in [3.05, 3.63) is 88.5 Å². The molecule has 1 nitrogen and oxygen atoms in total. The molecule has 3 aromatic rings. The van der Waals surface area contributed by atoms with Gasteiger partial charge in [0, 0.05) is 12.1 Å². The van der Waals surface area contributed by atoms with Crippen LogP contribution in [-0.2, 0) is 12.3 Å². The molecule has 0 spiro atoms. The molecule has 164 valence electrons. The van der Waals surface area contributed by atoms with Crippen molar-refractivity contribution in [3.63, 3.8) is 0 Å². The van der Waals surface area contributed by atoms with Crippen LogP contribution in [0.15, 0.2) is 48.5 Å². The van der Waals surface area contributed by atoms with Gasteiger partial charge in [0.05, 0.1) is 0 Å². The van der Waals surface area contributed by atoms with E-state index in [4.69, 9.17) is 0 Å². The Kier molecular flexibility index (Phi) is 5.68. The zero-order chi connectivity index (χ0) is 23.1. The first-order valence-corrected chi connectivity index (χ1v) is 8.49. The highest BCUT2D eigenvalue weighted by Crippen LogP contribution is 2.40. The van der Waals surface area contributed by atoms with Gasteiger partial charge in [-0.1, -0.05) is 29.8 Å². The Morgan fingerprint density at radius 2 is 1.06 bits per heavy atom. The van der Waals surface area contributed by atoms with Crippen molar-refractivity contribution in [2.75, 3.05) is 0 Å². The number of alkyl halides is 5. The maximum absolute atomic E-state index is 14.4. The van der Waals surface area contributed by atoms with Crippen LogP contribution < -0.4 is 4.74 Å². The molecule has 0 fully saturated rings. The van der Waals surface area contributed by atoms with Crippen LogP contribution in [0.4, 0.5) is 39.5 Å². The zero-order valence-corrected chi connectivity index (χ0v) is 15.4. The Bertz CT molecular complexity index is 1070. The first kappa shape index (κ1) is 22.5. The number of ether oxygens (including phenoxy) is 1. The van der Waals surface area contributed by atoms with Gasteiger partial charge < -0.3 is 4.74 Å². The summed E-state index contributed by atoms with van der Waals surface area (Å²) in [6.45, 7) is 1.76. The average Bonchev–Trinajstić information content (AvgIpc) is 2.58. The minimum atomic E-state index is -5.43. The van der Waals surface area contributed by atoms with E-state index < -0.39 is 52.4 Å². The molecule has 0 radical (unpaired) electrons. The summed E-state index contributed by atoms with van der Waals surface area (Å²) in [6, 6.07) is 7.17. The van der Waals surface area contributed by atoms with Gasteiger partial charge in [-0.2, -0.15) is 22.0 Å².